The third-order valence-electron chi connectivity index (χ3n) is 2.89. The van der Waals surface area contributed by atoms with Crippen molar-refractivity contribution in [2.75, 3.05) is 12.0 Å². The zero-order valence-corrected chi connectivity index (χ0v) is 12.0. The van der Waals surface area contributed by atoms with E-state index in [-0.39, 0.29) is 5.75 Å². The first-order valence-electron chi connectivity index (χ1n) is 5.71. The van der Waals surface area contributed by atoms with E-state index < -0.39 is 16.4 Å². The van der Waals surface area contributed by atoms with E-state index in [4.69, 9.17) is 11.6 Å². The van der Waals surface area contributed by atoms with E-state index in [2.05, 4.69) is 4.98 Å². The molecule has 0 saturated carbocycles. The van der Waals surface area contributed by atoms with Crippen molar-refractivity contribution in [2.45, 2.75) is 5.60 Å². The average molecular weight is 296 g/mol. The van der Waals surface area contributed by atoms with Crippen molar-refractivity contribution in [2.24, 2.45) is 0 Å². The lowest BCUT2D eigenvalue weighted by Crippen LogP contribution is -2.33. The summed E-state index contributed by atoms with van der Waals surface area (Å²) in [5.41, 5.74) is 0.0333. The summed E-state index contributed by atoms with van der Waals surface area (Å²) >= 11 is 5.86. The molecule has 0 radical (unpaired) electrons. The number of nitrogens with zero attached hydrogens (tertiary/aromatic N) is 1. The summed E-state index contributed by atoms with van der Waals surface area (Å²) in [7, 11) is -1.14. The van der Waals surface area contributed by atoms with Gasteiger partial charge in [-0.3, -0.25) is 9.19 Å². The van der Waals surface area contributed by atoms with E-state index >= 15 is 0 Å². The lowest BCUT2D eigenvalue weighted by atomic mass is 9.89. The van der Waals surface area contributed by atoms with Gasteiger partial charge in [-0.15, -0.1) is 0 Å². The minimum absolute atomic E-state index is 0.124. The molecule has 1 aromatic heterocycles. The summed E-state index contributed by atoms with van der Waals surface area (Å²) in [6.45, 7) is 0. The van der Waals surface area contributed by atoms with Gasteiger partial charge in [-0.25, -0.2) is 0 Å². The second-order valence-electron chi connectivity index (χ2n) is 4.32. The molecule has 2 rings (SSSR count). The van der Waals surface area contributed by atoms with Crippen LogP contribution in [0, 0.1) is 0 Å². The van der Waals surface area contributed by atoms with Crippen molar-refractivity contribution < 1.29 is 9.32 Å². The van der Waals surface area contributed by atoms with Gasteiger partial charge in [0, 0.05) is 34.5 Å². The van der Waals surface area contributed by atoms with E-state index in [1.807, 2.05) is 0 Å². The van der Waals surface area contributed by atoms with Crippen LogP contribution in [0.15, 0.2) is 48.8 Å². The van der Waals surface area contributed by atoms with Gasteiger partial charge in [0.25, 0.3) is 0 Å². The summed E-state index contributed by atoms with van der Waals surface area (Å²) < 4.78 is 11.6. The van der Waals surface area contributed by atoms with Crippen LogP contribution in [0.4, 0.5) is 0 Å². The first kappa shape index (κ1) is 14.2. The van der Waals surface area contributed by atoms with Gasteiger partial charge >= 0.3 is 0 Å². The van der Waals surface area contributed by atoms with Crippen LogP contribution in [0.2, 0.25) is 5.02 Å². The van der Waals surface area contributed by atoms with Crippen molar-refractivity contribution in [1.82, 2.24) is 4.98 Å². The van der Waals surface area contributed by atoms with E-state index in [1.54, 1.807) is 55.0 Å². The molecular formula is C14H14ClNO2S. The van der Waals surface area contributed by atoms with Crippen LogP contribution in [-0.2, 0) is 16.4 Å². The minimum atomic E-state index is -1.30. The predicted octanol–water partition coefficient (Wildman–Crippen LogP) is 2.35. The van der Waals surface area contributed by atoms with Gasteiger partial charge in [0.1, 0.15) is 5.60 Å². The smallest absolute Gasteiger partial charge is 0.126 e. The standard InChI is InChI=1S/C14H14ClNO2S/c1-19(18)10-14(17,12-6-8-16-9-7-12)11-2-4-13(15)5-3-11/h2-9,17H,10H2,1H3/t14-,19+/m0/s1. The van der Waals surface area contributed by atoms with Crippen molar-refractivity contribution in [1.29, 1.82) is 0 Å². The summed E-state index contributed by atoms with van der Waals surface area (Å²) in [5, 5.41) is 11.5. The maximum absolute atomic E-state index is 11.6. The van der Waals surface area contributed by atoms with Gasteiger partial charge in [0.15, 0.2) is 0 Å². The van der Waals surface area contributed by atoms with E-state index in [0.717, 1.165) is 0 Å². The third kappa shape index (κ3) is 3.21. The summed E-state index contributed by atoms with van der Waals surface area (Å²) in [5.74, 6) is 0.124. The Hall–Kier alpha value is -1.23. The number of benzene rings is 1. The fourth-order valence-corrected chi connectivity index (χ4v) is 3.03. The lowest BCUT2D eigenvalue weighted by molar-refractivity contribution is 0.106. The molecule has 0 unspecified atom stereocenters. The molecule has 0 aliphatic heterocycles. The maximum atomic E-state index is 11.6. The Bertz CT molecular complexity index is 574. The zero-order valence-electron chi connectivity index (χ0n) is 10.4. The molecule has 100 valence electrons. The van der Waals surface area contributed by atoms with Gasteiger partial charge in [0.2, 0.25) is 0 Å². The molecule has 19 heavy (non-hydrogen) atoms. The van der Waals surface area contributed by atoms with Crippen molar-refractivity contribution in [3.63, 3.8) is 0 Å². The molecule has 0 saturated heterocycles. The highest BCUT2D eigenvalue weighted by molar-refractivity contribution is 7.84. The quantitative estimate of drug-likeness (QED) is 0.942. The molecule has 0 bridgehead atoms. The fraction of sp³-hybridized carbons (Fsp3) is 0.214. The summed E-state index contributed by atoms with van der Waals surface area (Å²) in [6.07, 6.45) is 4.78. The molecule has 0 amide bonds. The molecule has 2 aromatic rings. The molecule has 1 N–H and O–H groups in total. The normalized spacial score (nSPS) is 15.7. The highest BCUT2D eigenvalue weighted by Gasteiger charge is 2.32. The molecule has 1 heterocycles. The molecule has 3 nitrogen and oxygen atoms in total. The van der Waals surface area contributed by atoms with Crippen LogP contribution in [0.1, 0.15) is 11.1 Å². The highest BCUT2D eigenvalue weighted by atomic mass is 35.5. The first-order chi connectivity index (χ1) is 9.02. The number of aromatic nitrogens is 1. The van der Waals surface area contributed by atoms with Gasteiger partial charge in [0.05, 0.1) is 5.75 Å². The molecule has 2 atom stereocenters. The fourth-order valence-electron chi connectivity index (χ4n) is 1.98. The highest BCUT2D eigenvalue weighted by Crippen LogP contribution is 2.30. The largest absolute Gasteiger partial charge is 0.379 e. The maximum Gasteiger partial charge on any atom is 0.126 e. The van der Waals surface area contributed by atoms with Crippen LogP contribution in [-0.4, -0.2) is 26.3 Å². The van der Waals surface area contributed by atoms with Gasteiger partial charge in [-0.1, -0.05) is 23.7 Å². The van der Waals surface area contributed by atoms with E-state index in [9.17, 15) is 9.32 Å². The number of hydrogen-bond donors (Lipinski definition) is 1. The number of halogens is 1. The van der Waals surface area contributed by atoms with E-state index in [1.165, 1.54) is 0 Å². The molecular weight excluding hydrogens is 282 g/mol. The van der Waals surface area contributed by atoms with Gasteiger partial charge in [-0.05, 0) is 35.4 Å². The van der Waals surface area contributed by atoms with E-state index in [0.29, 0.717) is 16.1 Å². The Morgan fingerprint density at radius 3 is 2.21 bits per heavy atom. The first-order valence-corrected chi connectivity index (χ1v) is 7.82. The topological polar surface area (TPSA) is 50.2 Å². The Morgan fingerprint density at radius 1 is 1.16 bits per heavy atom. The Labute approximate surface area is 119 Å². The Balaban J connectivity index is 2.51. The number of pyridine rings is 1. The molecule has 0 aliphatic carbocycles. The van der Waals surface area contributed by atoms with Crippen molar-refractivity contribution >= 4 is 22.4 Å². The SMILES string of the molecule is C[S@@](=O)C[C@@](O)(c1ccncc1)c1ccc(Cl)cc1. The number of rotatable bonds is 4. The van der Waals surface area contributed by atoms with Crippen molar-refractivity contribution in [3.05, 3.63) is 64.9 Å². The Kier molecular flexibility index (Phi) is 4.34. The van der Waals surface area contributed by atoms with Crippen LogP contribution in [0.5, 0.6) is 0 Å². The molecule has 0 aliphatic rings. The van der Waals surface area contributed by atoms with Gasteiger partial charge in [-0.2, -0.15) is 0 Å². The number of aliphatic hydroxyl groups is 1. The summed E-state index contributed by atoms with van der Waals surface area (Å²) in [4.78, 5) is 3.94. The van der Waals surface area contributed by atoms with Gasteiger partial charge < -0.3 is 5.11 Å². The minimum Gasteiger partial charge on any atom is -0.379 e. The van der Waals surface area contributed by atoms with Crippen LogP contribution >= 0.6 is 11.6 Å². The molecule has 0 spiro atoms. The number of hydrogen-bond acceptors (Lipinski definition) is 3. The lowest BCUT2D eigenvalue weighted by Gasteiger charge is -2.28. The third-order valence-corrected chi connectivity index (χ3v) is 3.97. The van der Waals surface area contributed by atoms with Crippen LogP contribution in [0.3, 0.4) is 0 Å². The average Bonchev–Trinajstić information content (AvgIpc) is 2.39. The second kappa shape index (κ2) is 5.82. The zero-order chi connectivity index (χ0) is 13.9. The van der Waals surface area contributed by atoms with Crippen LogP contribution < -0.4 is 0 Å². The van der Waals surface area contributed by atoms with Crippen LogP contribution in [0.25, 0.3) is 0 Å². The predicted molar refractivity (Wildman–Crippen MR) is 77.6 cm³/mol. The Morgan fingerprint density at radius 2 is 1.68 bits per heavy atom. The van der Waals surface area contributed by atoms with Crippen molar-refractivity contribution in [3.8, 4) is 0 Å². The molecule has 5 heteroatoms. The molecule has 1 aromatic carbocycles. The second-order valence-corrected chi connectivity index (χ2v) is 6.19. The monoisotopic (exact) mass is 295 g/mol. The summed E-state index contributed by atoms with van der Waals surface area (Å²) in [6, 6.07) is 10.4. The molecule has 0 fully saturated rings.